The number of carbonyl (C=O) groups is 1. The molecular formula is C15H25N3O2S. The number of rotatable bonds is 6. The minimum absolute atomic E-state index is 0.203. The standard InChI is InChI=1S/C15H25N3O2S/c1-14(2,12(19)20)11-9-21-13(17-11)16-10-15(18(3)4)7-5-6-8-15/h9H,5-8,10H2,1-4H3,(H,16,17)(H,19,20). The summed E-state index contributed by atoms with van der Waals surface area (Å²) >= 11 is 1.48. The Morgan fingerprint density at radius 1 is 1.48 bits per heavy atom. The number of carboxylic acids is 1. The first kappa shape index (κ1) is 16.2. The van der Waals surface area contributed by atoms with Crippen molar-refractivity contribution in [3.63, 3.8) is 0 Å². The Labute approximate surface area is 130 Å². The number of nitrogens with one attached hydrogen (secondary N) is 1. The second kappa shape index (κ2) is 5.93. The van der Waals surface area contributed by atoms with E-state index in [9.17, 15) is 9.90 Å². The Kier molecular flexibility index (Phi) is 4.58. The van der Waals surface area contributed by atoms with Gasteiger partial charge >= 0.3 is 5.97 Å². The number of aromatic nitrogens is 1. The molecule has 5 nitrogen and oxygen atoms in total. The molecule has 0 unspecified atom stereocenters. The molecule has 1 aromatic rings. The number of aliphatic carboxylic acids is 1. The molecule has 0 aromatic carbocycles. The molecular weight excluding hydrogens is 286 g/mol. The molecule has 0 radical (unpaired) electrons. The summed E-state index contributed by atoms with van der Waals surface area (Å²) in [7, 11) is 4.27. The second-order valence-electron chi connectivity index (χ2n) is 6.65. The van der Waals surface area contributed by atoms with Gasteiger partial charge < -0.3 is 15.3 Å². The summed E-state index contributed by atoms with van der Waals surface area (Å²) in [5.41, 5.74) is -0.121. The van der Waals surface area contributed by atoms with Crippen LogP contribution in [0.5, 0.6) is 0 Å². The average Bonchev–Trinajstić information content (AvgIpc) is 3.06. The first-order valence-electron chi connectivity index (χ1n) is 7.39. The zero-order valence-electron chi connectivity index (χ0n) is 13.3. The average molecular weight is 311 g/mol. The van der Waals surface area contributed by atoms with Crippen molar-refractivity contribution in [1.29, 1.82) is 0 Å². The van der Waals surface area contributed by atoms with Gasteiger partial charge in [0.2, 0.25) is 0 Å². The monoisotopic (exact) mass is 311 g/mol. The maximum Gasteiger partial charge on any atom is 0.315 e. The zero-order valence-corrected chi connectivity index (χ0v) is 14.1. The van der Waals surface area contributed by atoms with Crippen molar-refractivity contribution in [3.8, 4) is 0 Å². The maximum atomic E-state index is 11.3. The predicted octanol–water partition coefficient (Wildman–Crippen LogP) is 2.79. The van der Waals surface area contributed by atoms with Gasteiger partial charge in [0.25, 0.3) is 0 Å². The van der Waals surface area contributed by atoms with Crippen LogP contribution in [0.3, 0.4) is 0 Å². The lowest BCUT2D eigenvalue weighted by Crippen LogP contribution is -2.47. The second-order valence-corrected chi connectivity index (χ2v) is 7.51. The highest BCUT2D eigenvalue weighted by molar-refractivity contribution is 7.13. The zero-order chi connectivity index (χ0) is 15.7. The summed E-state index contributed by atoms with van der Waals surface area (Å²) in [6.45, 7) is 4.24. The molecule has 0 atom stereocenters. The highest BCUT2D eigenvalue weighted by Gasteiger charge is 2.36. The van der Waals surface area contributed by atoms with E-state index in [2.05, 4.69) is 29.3 Å². The third-order valence-electron chi connectivity index (χ3n) is 4.73. The molecule has 2 N–H and O–H groups in total. The number of nitrogens with zero attached hydrogens (tertiary/aromatic N) is 2. The van der Waals surface area contributed by atoms with E-state index in [0.717, 1.165) is 11.7 Å². The number of likely N-dealkylation sites (N-methyl/N-ethyl adjacent to an activating group) is 1. The van der Waals surface area contributed by atoms with E-state index in [-0.39, 0.29) is 5.54 Å². The van der Waals surface area contributed by atoms with Gasteiger partial charge in [-0.15, -0.1) is 11.3 Å². The van der Waals surface area contributed by atoms with Crippen LogP contribution >= 0.6 is 11.3 Å². The molecule has 1 saturated carbocycles. The summed E-state index contributed by atoms with van der Waals surface area (Å²) in [6, 6.07) is 0. The topological polar surface area (TPSA) is 65.5 Å². The molecule has 21 heavy (non-hydrogen) atoms. The van der Waals surface area contributed by atoms with Gasteiger partial charge in [-0.3, -0.25) is 4.79 Å². The third-order valence-corrected chi connectivity index (χ3v) is 5.53. The fourth-order valence-corrected chi connectivity index (χ4v) is 3.68. The lowest BCUT2D eigenvalue weighted by atomic mass is 9.90. The number of hydrogen-bond acceptors (Lipinski definition) is 5. The Morgan fingerprint density at radius 2 is 2.10 bits per heavy atom. The molecule has 6 heteroatoms. The van der Waals surface area contributed by atoms with Crippen LogP contribution in [0.1, 0.15) is 45.2 Å². The molecule has 0 bridgehead atoms. The van der Waals surface area contributed by atoms with Crippen molar-refractivity contribution < 1.29 is 9.90 Å². The number of carboxylic acid groups (broad SMARTS) is 1. The number of thiazole rings is 1. The van der Waals surface area contributed by atoms with Gasteiger partial charge in [0, 0.05) is 17.5 Å². The molecule has 2 rings (SSSR count). The number of anilines is 1. The molecule has 0 saturated heterocycles. The lowest BCUT2D eigenvalue weighted by molar-refractivity contribution is -0.142. The van der Waals surface area contributed by atoms with Crippen LogP contribution in [0.2, 0.25) is 0 Å². The first-order chi connectivity index (χ1) is 9.78. The SMILES string of the molecule is CN(C)C1(CNc2nc(C(C)(C)C(=O)O)cs2)CCCC1. The molecule has 1 aliphatic rings. The summed E-state index contributed by atoms with van der Waals surface area (Å²) in [5, 5.41) is 15.3. The van der Waals surface area contributed by atoms with Crippen molar-refractivity contribution in [2.24, 2.45) is 0 Å². The van der Waals surface area contributed by atoms with E-state index in [1.807, 2.05) is 5.38 Å². The van der Waals surface area contributed by atoms with E-state index in [1.165, 1.54) is 37.0 Å². The largest absolute Gasteiger partial charge is 0.481 e. The van der Waals surface area contributed by atoms with Gasteiger partial charge in [0.15, 0.2) is 5.13 Å². The molecule has 1 aliphatic carbocycles. The van der Waals surface area contributed by atoms with E-state index in [4.69, 9.17) is 0 Å². The molecule has 118 valence electrons. The van der Waals surface area contributed by atoms with Crippen LogP contribution in [0.4, 0.5) is 5.13 Å². The van der Waals surface area contributed by atoms with Gasteiger partial charge in [-0.05, 0) is 40.8 Å². The smallest absolute Gasteiger partial charge is 0.315 e. The summed E-state index contributed by atoms with van der Waals surface area (Å²) < 4.78 is 0. The van der Waals surface area contributed by atoms with Gasteiger partial charge in [-0.1, -0.05) is 12.8 Å². The molecule has 0 amide bonds. The van der Waals surface area contributed by atoms with Gasteiger partial charge in [-0.2, -0.15) is 0 Å². The highest BCUT2D eigenvalue weighted by Crippen LogP contribution is 2.34. The summed E-state index contributed by atoms with van der Waals surface area (Å²) in [6.07, 6.45) is 4.95. The normalized spacial score (nSPS) is 18.1. The van der Waals surface area contributed by atoms with Crippen molar-refractivity contribution in [2.45, 2.75) is 50.5 Å². The van der Waals surface area contributed by atoms with Crippen LogP contribution in [0.15, 0.2) is 5.38 Å². The van der Waals surface area contributed by atoms with Crippen molar-refractivity contribution in [1.82, 2.24) is 9.88 Å². The highest BCUT2D eigenvalue weighted by atomic mass is 32.1. The Bertz CT molecular complexity index is 505. The Hall–Kier alpha value is -1.14. The minimum atomic E-state index is -0.941. The molecule has 1 fully saturated rings. The first-order valence-corrected chi connectivity index (χ1v) is 8.27. The van der Waals surface area contributed by atoms with Crippen molar-refractivity contribution in [3.05, 3.63) is 11.1 Å². The minimum Gasteiger partial charge on any atom is -0.481 e. The van der Waals surface area contributed by atoms with Crippen LogP contribution < -0.4 is 5.32 Å². The van der Waals surface area contributed by atoms with Gasteiger partial charge in [0.1, 0.15) is 5.41 Å². The number of hydrogen-bond donors (Lipinski definition) is 2. The van der Waals surface area contributed by atoms with E-state index in [0.29, 0.717) is 5.69 Å². The fourth-order valence-electron chi connectivity index (χ4n) is 2.81. The fraction of sp³-hybridized carbons (Fsp3) is 0.733. The van der Waals surface area contributed by atoms with Gasteiger partial charge in [0.05, 0.1) is 5.69 Å². The van der Waals surface area contributed by atoms with Crippen LogP contribution in [-0.2, 0) is 10.2 Å². The maximum absolute atomic E-state index is 11.3. The Morgan fingerprint density at radius 3 is 2.62 bits per heavy atom. The molecule has 1 heterocycles. The van der Waals surface area contributed by atoms with E-state index in [1.54, 1.807) is 13.8 Å². The summed E-state index contributed by atoms with van der Waals surface area (Å²) in [4.78, 5) is 18.0. The van der Waals surface area contributed by atoms with Crippen molar-refractivity contribution in [2.75, 3.05) is 26.0 Å². The third kappa shape index (κ3) is 3.21. The quantitative estimate of drug-likeness (QED) is 0.845. The lowest BCUT2D eigenvalue weighted by Gasteiger charge is -2.36. The van der Waals surface area contributed by atoms with E-state index < -0.39 is 11.4 Å². The van der Waals surface area contributed by atoms with Crippen LogP contribution in [-0.4, -0.2) is 47.1 Å². The molecule has 0 spiro atoms. The van der Waals surface area contributed by atoms with E-state index >= 15 is 0 Å². The van der Waals surface area contributed by atoms with Gasteiger partial charge in [-0.25, -0.2) is 4.98 Å². The van der Waals surface area contributed by atoms with Crippen LogP contribution in [0, 0.1) is 0 Å². The molecule has 1 aromatic heterocycles. The van der Waals surface area contributed by atoms with Crippen molar-refractivity contribution >= 4 is 22.4 Å². The summed E-state index contributed by atoms with van der Waals surface area (Å²) in [5.74, 6) is -0.847. The molecule has 0 aliphatic heterocycles. The van der Waals surface area contributed by atoms with Crippen LogP contribution in [0.25, 0.3) is 0 Å². The Balaban J connectivity index is 2.05. The predicted molar refractivity (Wildman–Crippen MR) is 86.2 cm³/mol.